The van der Waals surface area contributed by atoms with E-state index in [9.17, 15) is 9.90 Å². The van der Waals surface area contributed by atoms with E-state index < -0.39 is 5.97 Å². The summed E-state index contributed by atoms with van der Waals surface area (Å²) in [4.78, 5) is 20.9. The van der Waals surface area contributed by atoms with Gasteiger partial charge in [-0.2, -0.15) is 4.58 Å². The van der Waals surface area contributed by atoms with Crippen molar-refractivity contribution in [2.45, 2.75) is 119 Å². The molecule has 4 aromatic rings. The second kappa shape index (κ2) is 18.4. The van der Waals surface area contributed by atoms with E-state index in [0.717, 1.165) is 69.9 Å². The van der Waals surface area contributed by atoms with Gasteiger partial charge in [0.05, 0.1) is 16.7 Å². The summed E-state index contributed by atoms with van der Waals surface area (Å²) in [6, 6.07) is 32.7. The Morgan fingerprint density at radius 2 is 1.48 bits per heavy atom. The number of anilines is 3. The maximum atomic E-state index is 11.9. The Labute approximate surface area is 389 Å². The van der Waals surface area contributed by atoms with Crippen LogP contribution in [0.3, 0.4) is 0 Å². The van der Waals surface area contributed by atoms with Gasteiger partial charge < -0.3 is 14.9 Å². The topological polar surface area (TPSA) is 76.2 Å². The quantitative estimate of drug-likeness (QED) is 0.0839. The smallest absolute Gasteiger partial charge is 0.335 e. The van der Waals surface area contributed by atoms with Gasteiger partial charge in [0.25, 0.3) is 0 Å². The lowest BCUT2D eigenvalue weighted by Gasteiger charge is -2.32. The summed E-state index contributed by atoms with van der Waals surface area (Å²) in [6.45, 7) is 23.3. The van der Waals surface area contributed by atoms with Crippen molar-refractivity contribution < 1.29 is 24.6 Å². The van der Waals surface area contributed by atoms with Gasteiger partial charge in [0, 0.05) is 52.9 Å². The predicted molar refractivity (Wildman–Crippen MR) is 269 cm³/mol. The van der Waals surface area contributed by atoms with Gasteiger partial charge in [0.15, 0.2) is 5.71 Å². The Kier molecular flexibility index (Phi) is 13.4. The predicted octanol–water partition coefficient (Wildman–Crippen LogP) is 14.6. The number of carbonyl (C=O) groups is 1. The van der Waals surface area contributed by atoms with Crippen LogP contribution in [0.4, 0.5) is 22.7 Å². The van der Waals surface area contributed by atoms with Gasteiger partial charge in [-0.1, -0.05) is 104 Å². The van der Waals surface area contributed by atoms with E-state index >= 15 is 0 Å². The fraction of sp³-hybridized carbons (Fsp3) is 0.414. The molecule has 2 aliphatic carbocycles. The summed E-state index contributed by atoms with van der Waals surface area (Å²) in [5.41, 5.74) is 14.1. The molecular formula is C58H72N3O4+. The third-order valence-electron chi connectivity index (χ3n) is 14.1. The molecule has 1 saturated carbocycles. The first-order valence-corrected chi connectivity index (χ1v) is 23.5. The molecule has 0 aromatic heterocycles. The van der Waals surface area contributed by atoms with Crippen LogP contribution in [-0.4, -0.2) is 40.7 Å². The Bertz CT molecular complexity index is 2530. The fourth-order valence-electron chi connectivity index (χ4n) is 11.2. The molecule has 7 nitrogen and oxygen atoms in total. The van der Waals surface area contributed by atoms with Crippen LogP contribution >= 0.6 is 0 Å². The average Bonchev–Trinajstić information content (AvgIpc) is 3.63. The lowest BCUT2D eigenvalue weighted by Crippen LogP contribution is -2.26. The molecule has 0 radical (unpaired) electrons. The summed E-state index contributed by atoms with van der Waals surface area (Å²) in [6.07, 6.45) is 15.1. The number of hydrogen-bond acceptors (Lipinski definition) is 5. The molecule has 1 fully saturated rings. The number of benzene rings is 4. The van der Waals surface area contributed by atoms with E-state index in [2.05, 4.69) is 188 Å². The first kappa shape index (κ1) is 47.5. The van der Waals surface area contributed by atoms with Crippen LogP contribution in [-0.2, 0) is 22.3 Å². The van der Waals surface area contributed by atoms with Crippen LogP contribution in [0, 0.1) is 22.7 Å². The van der Waals surface area contributed by atoms with Gasteiger partial charge in [-0.3, -0.25) is 5.26 Å². The molecule has 2 aliphatic heterocycles. The zero-order valence-electron chi connectivity index (χ0n) is 41.0. The van der Waals surface area contributed by atoms with Crippen LogP contribution in [0.1, 0.15) is 128 Å². The molecule has 2 unspecified atom stereocenters. The Balaban J connectivity index is 0.000000418. The summed E-state index contributed by atoms with van der Waals surface area (Å²) < 4.78 is 2.27. The molecule has 2 atom stereocenters. The van der Waals surface area contributed by atoms with Crippen molar-refractivity contribution >= 4 is 34.4 Å². The molecule has 0 bridgehead atoms. The van der Waals surface area contributed by atoms with E-state index in [4.69, 9.17) is 5.26 Å². The molecule has 4 aliphatic rings. The molecule has 65 heavy (non-hydrogen) atoms. The number of nitrogens with zero attached hydrogens (tertiary/aromatic N) is 3. The Morgan fingerprint density at radius 3 is 2.05 bits per heavy atom. The van der Waals surface area contributed by atoms with Gasteiger partial charge in [-0.05, 0) is 152 Å². The average molecular weight is 875 g/mol. The second-order valence-electron chi connectivity index (χ2n) is 22.0. The number of aromatic carboxylic acids is 1. The van der Waals surface area contributed by atoms with Crippen LogP contribution in [0.2, 0.25) is 0 Å². The van der Waals surface area contributed by atoms with Crippen LogP contribution in [0.25, 0.3) is 0 Å². The van der Waals surface area contributed by atoms with Gasteiger partial charge >= 0.3 is 5.97 Å². The third kappa shape index (κ3) is 10.2. The van der Waals surface area contributed by atoms with E-state index in [0.29, 0.717) is 16.4 Å². The molecule has 0 amide bonds. The molecule has 2 N–H and O–H groups in total. The van der Waals surface area contributed by atoms with Gasteiger partial charge in [0.2, 0.25) is 5.69 Å². The molecule has 8 rings (SSSR count). The highest BCUT2D eigenvalue weighted by atomic mass is 17.1. The Morgan fingerprint density at radius 1 is 0.846 bits per heavy atom. The fourth-order valence-corrected chi connectivity index (χ4v) is 11.2. The molecule has 342 valence electrons. The van der Waals surface area contributed by atoms with E-state index in [1.165, 1.54) is 41.7 Å². The lowest BCUT2D eigenvalue weighted by molar-refractivity contribution is -0.401. The largest absolute Gasteiger partial charge is 0.478 e. The number of likely N-dealkylation sites (N-methyl/N-ethyl adjacent to an activating group) is 1. The first-order valence-electron chi connectivity index (χ1n) is 23.5. The van der Waals surface area contributed by atoms with Gasteiger partial charge in [-0.25, -0.2) is 9.68 Å². The maximum absolute atomic E-state index is 11.9. The lowest BCUT2D eigenvalue weighted by atomic mass is 9.73. The standard InChI is InChI=1S/C45H45N3O4.C13H26/c1-44(2)36-27-30(29-52-51)17-23-38(36)46(5)40(44)25-21-31-18-19-32(42(31)48(34-13-9-7-10-14-34)35-15-11-8-12-16-35)22-26-41-45(3,4)37-28-33(43(49)50)20-24-39(37)47(41)6;1-10-7-11(10)8-13(5,6)9-12(2,3)4/h7-17,20-28H,18-19,29H2,1-6H3,(H-,49,50,51);10-11H,7-9H2,1-6H3/p+1. The normalized spacial score (nSPS) is 21.0. The van der Waals surface area contributed by atoms with Crippen molar-refractivity contribution in [3.8, 4) is 0 Å². The van der Waals surface area contributed by atoms with Crippen molar-refractivity contribution in [1.29, 1.82) is 0 Å². The highest BCUT2D eigenvalue weighted by Crippen LogP contribution is 2.50. The number of rotatable bonds is 12. The van der Waals surface area contributed by atoms with Crippen molar-refractivity contribution in [3.05, 3.63) is 166 Å². The number of hydrogen-bond donors (Lipinski definition) is 2. The maximum Gasteiger partial charge on any atom is 0.335 e. The van der Waals surface area contributed by atoms with Gasteiger partial charge in [0.1, 0.15) is 13.7 Å². The number of allylic oxidation sites excluding steroid dienone is 7. The number of fused-ring (bicyclic) bond motifs is 2. The molecule has 7 heteroatoms. The van der Waals surface area contributed by atoms with Crippen LogP contribution in [0.5, 0.6) is 0 Å². The number of carboxylic acid groups (broad SMARTS) is 1. The number of para-hydroxylation sites is 2. The zero-order chi connectivity index (χ0) is 47.1. The molecule has 4 aromatic carbocycles. The Hall–Kier alpha value is -5.50. The summed E-state index contributed by atoms with van der Waals surface area (Å²) in [5, 5.41) is 18.8. The van der Waals surface area contributed by atoms with Crippen molar-refractivity contribution in [2.24, 2.45) is 22.7 Å². The van der Waals surface area contributed by atoms with Crippen LogP contribution < -0.4 is 9.80 Å². The van der Waals surface area contributed by atoms with Crippen LogP contribution in [0.15, 0.2) is 144 Å². The highest BCUT2D eigenvalue weighted by molar-refractivity contribution is 6.03. The van der Waals surface area contributed by atoms with E-state index in [-0.39, 0.29) is 17.4 Å². The zero-order valence-corrected chi connectivity index (χ0v) is 41.0. The van der Waals surface area contributed by atoms with Crippen molar-refractivity contribution in [1.82, 2.24) is 0 Å². The van der Waals surface area contributed by atoms with E-state index in [1.807, 2.05) is 30.3 Å². The monoisotopic (exact) mass is 875 g/mol. The summed E-state index contributed by atoms with van der Waals surface area (Å²) >= 11 is 0. The second-order valence-corrected chi connectivity index (χ2v) is 22.0. The van der Waals surface area contributed by atoms with Crippen molar-refractivity contribution in [3.63, 3.8) is 0 Å². The molecular weight excluding hydrogens is 803 g/mol. The molecule has 0 spiro atoms. The minimum Gasteiger partial charge on any atom is -0.478 e. The van der Waals surface area contributed by atoms with Gasteiger partial charge in [-0.15, -0.1) is 0 Å². The minimum atomic E-state index is -0.917. The number of carboxylic acids is 1. The summed E-state index contributed by atoms with van der Waals surface area (Å²) in [5.74, 6) is 1.14. The minimum absolute atomic E-state index is 0.150. The summed E-state index contributed by atoms with van der Waals surface area (Å²) in [7, 11) is 4.18. The SMILES string of the molecule is CC1CC1CC(C)(C)CC(C)(C)C.CN1/C(=C\C=C2CCC(/C=C/C3=[N+](C)c4ccc(COO)cc4C3(C)C)=C2N(c2ccccc2)c2ccccc2)C(C)(C)c2cc(C(=O)O)ccc21. The van der Waals surface area contributed by atoms with E-state index in [1.54, 1.807) is 6.07 Å². The first-order chi connectivity index (χ1) is 30.6. The molecule has 2 heterocycles. The van der Waals surface area contributed by atoms with Crippen molar-refractivity contribution in [2.75, 3.05) is 23.9 Å². The molecule has 0 saturated heterocycles. The highest BCUT2D eigenvalue weighted by Gasteiger charge is 2.44. The third-order valence-corrected chi connectivity index (χ3v) is 14.1.